The molecule has 0 spiro atoms. The lowest BCUT2D eigenvalue weighted by Gasteiger charge is -2.17. The number of H-pyrrole nitrogens is 1. The molecule has 0 unspecified atom stereocenters. The number of nitrogens with one attached hydrogen (secondary N) is 1. The van der Waals surface area contributed by atoms with Gasteiger partial charge < -0.3 is 9.72 Å². The highest BCUT2D eigenvalue weighted by molar-refractivity contribution is 7.90. The summed E-state index contributed by atoms with van der Waals surface area (Å²) in [6, 6.07) is 7.45. The van der Waals surface area contributed by atoms with E-state index in [1.54, 1.807) is 0 Å². The predicted octanol–water partition coefficient (Wildman–Crippen LogP) is 4.50. The molecule has 0 amide bonds. The molecule has 0 saturated heterocycles. The van der Waals surface area contributed by atoms with E-state index >= 15 is 0 Å². The monoisotopic (exact) mass is 444 g/mol. The number of aromatic amines is 1. The Morgan fingerprint density at radius 2 is 1.90 bits per heavy atom. The summed E-state index contributed by atoms with van der Waals surface area (Å²) in [5, 5.41) is -0.356. The lowest BCUT2D eigenvalue weighted by molar-refractivity contribution is 0.0592. The molecule has 2 aromatic carbocycles. The molecule has 1 atom stereocenters. The molecule has 29 heavy (non-hydrogen) atoms. The molecule has 1 N–H and O–H groups in total. The van der Waals surface area contributed by atoms with Gasteiger partial charge >= 0.3 is 0 Å². The van der Waals surface area contributed by atoms with Crippen LogP contribution in [0.15, 0.2) is 41.4 Å². The third-order valence-corrected chi connectivity index (χ3v) is 5.53. The zero-order valence-electron chi connectivity index (χ0n) is 15.3. The second-order valence-corrected chi connectivity index (χ2v) is 8.74. The fraction of sp³-hybridized carbons (Fsp3) is 0.211. The second-order valence-electron chi connectivity index (χ2n) is 6.40. The maximum Gasteiger partial charge on any atom is 0.194 e. The van der Waals surface area contributed by atoms with Gasteiger partial charge in [0.2, 0.25) is 0 Å². The van der Waals surface area contributed by atoms with Crippen LogP contribution in [0.25, 0.3) is 0 Å². The van der Waals surface area contributed by atoms with Crippen LogP contribution in [0.2, 0.25) is 5.02 Å². The number of rotatable bonds is 6. The first-order chi connectivity index (χ1) is 13.6. The molecule has 154 valence electrons. The average molecular weight is 445 g/mol. The first kappa shape index (κ1) is 21.4. The van der Waals surface area contributed by atoms with Crippen LogP contribution >= 0.6 is 11.6 Å². The van der Waals surface area contributed by atoms with Crippen molar-refractivity contribution in [2.24, 2.45) is 0 Å². The van der Waals surface area contributed by atoms with E-state index in [4.69, 9.17) is 16.3 Å². The highest BCUT2D eigenvalue weighted by Gasteiger charge is 2.25. The third-order valence-electron chi connectivity index (χ3n) is 4.14. The maximum atomic E-state index is 14.0. The van der Waals surface area contributed by atoms with Crippen molar-refractivity contribution in [1.82, 2.24) is 9.97 Å². The minimum Gasteiger partial charge on any atom is -0.361 e. The molecule has 3 aromatic rings. The molecular weight excluding hydrogens is 429 g/mol. The topological polar surface area (TPSA) is 72.0 Å². The Kier molecular flexibility index (Phi) is 6.02. The smallest absolute Gasteiger partial charge is 0.194 e. The molecule has 0 bridgehead atoms. The summed E-state index contributed by atoms with van der Waals surface area (Å²) in [4.78, 5) is 6.92. The van der Waals surface area contributed by atoms with E-state index < -0.39 is 33.4 Å². The van der Waals surface area contributed by atoms with Gasteiger partial charge in [0.25, 0.3) is 0 Å². The lowest BCUT2D eigenvalue weighted by Crippen LogP contribution is -2.10. The third kappa shape index (κ3) is 4.63. The number of nitrogens with zero attached hydrogens (tertiary/aromatic N) is 1. The van der Waals surface area contributed by atoms with Crippen LogP contribution in [-0.4, -0.2) is 24.6 Å². The highest BCUT2D eigenvalue weighted by Crippen LogP contribution is 2.30. The number of benzene rings is 2. The quantitative estimate of drug-likeness (QED) is 0.607. The summed E-state index contributed by atoms with van der Waals surface area (Å²) in [6.45, 7) is 1.17. The van der Waals surface area contributed by atoms with Crippen LogP contribution < -0.4 is 0 Å². The number of sulfone groups is 1. The van der Waals surface area contributed by atoms with Crippen molar-refractivity contribution in [1.29, 1.82) is 0 Å². The number of imidazole rings is 1. The van der Waals surface area contributed by atoms with Gasteiger partial charge in [-0.1, -0.05) is 29.8 Å². The number of halogens is 4. The van der Waals surface area contributed by atoms with Gasteiger partial charge in [-0.3, -0.25) is 0 Å². The van der Waals surface area contributed by atoms with E-state index in [2.05, 4.69) is 9.97 Å². The highest BCUT2D eigenvalue weighted by atomic mass is 35.5. The summed E-state index contributed by atoms with van der Waals surface area (Å²) in [5.74, 6) is -2.64. The zero-order valence-corrected chi connectivity index (χ0v) is 16.9. The number of ether oxygens (including phenoxy) is 1. The number of aryl methyl sites for hydroxylation is 1. The van der Waals surface area contributed by atoms with E-state index in [9.17, 15) is 21.6 Å². The van der Waals surface area contributed by atoms with Gasteiger partial charge in [0.1, 0.15) is 17.7 Å². The molecule has 0 aliphatic heterocycles. The fourth-order valence-corrected chi connectivity index (χ4v) is 3.85. The maximum absolute atomic E-state index is 14.0. The SMILES string of the molecule is Cc1[nH]c([C@H](OCc2cccc(F)c2F)c2ccc(F)c(Cl)c2)nc1S(C)(=O)=O. The number of aromatic nitrogens is 2. The van der Waals surface area contributed by atoms with Gasteiger partial charge in [-0.05, 0) is 30.7 Å². The van der Waals surface area contributed by atoms with Crippen molar-refractivity contribution >= 4 is 21.4 Å². The second kappa shape index (κ2) is 8.17. The van der Waals surface area contributed by atoms with Gasteiger partial charge in [0.05, 0.1) is 17.3 Å². The number of hydrogen-bond acceptors (Lipinski definition) is 4. The van der Waals surface area contributed by atoms with Crippen LogP contribution in [0, 0.1) is 24.4 Å². The molecule has 0 aliphatic rings. The van der Waals surface area contributed by atoms with Crippen LogP contribution in [-0.2, 0) is 21.2 Å². The molecule has 10 heteroatoms. The molecule has 1 aromatic heterocycles. The Morgan fingerprint density at radius 1 is 1.17 bits per heavy atom. The van der Waals surface area contributed by atoms with E-state index in [-0.39, 0.29) is 33.7 Å². The molecule has 3 rings (SSSR count). The van der Waals surface area contributed by atoms with E-state index in [1.165, 1.54) is 31.2 Å². The summed E-state index contributed by atoms with van der Waals surface area (Å²) < 4.78 is 70.5. The van der Waals surface area contributed by atoms with Crippen LogP contribution in [0.3, 0.4) is 0 Å². The van der Waals surface area contributed by atoms with Crippen LogP contribution in [0.1, 0.15) is 28.7 Å². The first-order valence-corrected chi connectivity index (χ1v) is 10.6. The van der Waals surface area contributed by atoms with Gasteiger partial charge in [-0.25, -0.2) is 26.6 Å². The van der Waals surface area contributed by atoms with Gasteiger partial charge in [0, 0.05) is 11.8 Å². The van der Waals surface area contributed by atoms with Gasteiger partial charge in [-0.2, -0.15) is 0 Å². The van der Waals surface area contributed by atoms with E-state index in [1.807, 2.05) is 0 Å². The molecule has 0 radical (unpaired) electrons. The summed E-state index contributed by atoms with van der Waals surface area (Å²) in [5.41, 5.74) is 0.582. The van der Waals surface area contributed by atoms with Gasteiger partial charge in [0.15, 0.2) is 26.5 Å². The van der Waals surface area contributed by atoms with Crippen molar-refractivity contribution in [2.45, 2.75) is 24.7 Å². The largest absolute Gasteiger partial charge is 0.361 e. The molecule has 0 fully saturated rings. The van der Waals surface area contributed by atoms with Crippen molar-refractivity contribution in [3.63, 3.8) is 0 Å². The summed E-state index contributed by atoms with van der Waals surface area (Å²) >= 11 is 5.85. The predicted molar refractivity (Wildman–Crippen MR) is 101 cm³/mol. The number of hydrogen-bond donors (Lipinski definition) is 1. The minimum absolute atomic E-state index is 0.0465. The fourth-order valence-electron chi connectivity index (χ4n) is 2.79. The summed E-state index contributed by atoms with van der Waals surface area (Å²) in [7, 11) is -3.62. The molecular formula is C19H16ClF3N2O3S. The molecule has 0 aliphatic carbocycles. The van der Waals surface area contributed by atoms with Crippen LogP contribution in [0.5, 0.6) is 0 Å². The first-order valence-electron chi connectivity index (χ1n) is 8.34. The standard InChI is InChI=1S/C19H16ClF3N2O3S/c1-10-19(29(2,26)27)25-18(24-10)17(11-6-7-14(21)13(20)8-11)28-9-12-4-3-5-15(22)16(12)23/h3-8,17H,9H2,1-2H3,(H,24,25)/t17-/m1/s1. The van der Waals surface area contributed by atoms with E-state index in [0.717, 1.165) is 18.4 Å². The Hall–Kier alpha value is -2.36. The van der Waals surface area contributed by atoms with Crippen molar-refractivity contribution in [3.05, 3.63) is 81.5 Å². The molecule has 0 saturated carbocycles. The summed E-state index contributed by atoms with van der Waals surface area (Å²) in [6.07, 6.45) is -0.0304. The van der Waals surface area contributed by atoms with Gasteiger partial charge in [-0.15, -0.1) is 0 Å². The average Bonchev–Trinajstić information content (AvgIpc) is 3.03. The van der Waals surface area contributed by atoms with E-state index in [0.29, 0.717) is 5.56 Å². The van der Waals surface area contributed by atoms with Crippen molar-refractivity contribution in [3.8, 4) is 0 Å². The van der Waals surface area contributed by atoms with Crippen molar-refractivity contribution in [2.75, 3.05) is 6.26 Å². The molecule has 1 heterocycles. The normalized spacial score (nSPS) is 12.9. The lowest BCUT2D eigenvalue weighted by atomic mass is 10.1. The minimum atomic E-state index is -3.62. The Morgan fingerprint density at radius 3 is 2.52 bits per heavy atom. The zero-order chi connectivity index (χ0) is 21.3. The van der Waals surface area contributed by atoms with Crippen LogP contribution in [0.4, 0.5) is 13.2 Å². The Labute approximate surface area is 170 Å². The molecule has 5 nitrogen and oxygen atoms in total. The van der Waals surface area contributed by atoms with Crippen molar-refractivity contribution < 1.29 is 26.3 Å². The Balaban J connectivity index is 2.02. The Bertz CT molecular complexity index is 1170.